The Labute approximate surface area is 331 Å². The van der Waals surface area contributed by atoms with Crippen molar-refractivity contribution in [3.05, 3.63) is 29.8 Å². The van der Waals surface area contributed by atoms with Gasteiger partial charge in [-0.3, -0.25) is 38.4 Å². The van der Waals surface area contributed by atoms with E-state index in [1.165, 1.54) is 45.0 Å². The van der Waals surface area contributed by atoms with Crippen LogP contribution in [-0.4, -0.2) is 117 Å². The van der Waals surface area contributed by atoms with Crippen LogP contribution in [0.15, 0.2) is 24.3 Å². The molecule has 1 aromatic carbocycles. The molecule has 1 rings (SSSR count). The molecule has 0 radical (unpaired) electrons. The van der Waals surface area contributed by atoms with E-state index in [1.54, 1.807) is 13.8 Å². The summed E-state index contributed by atoms with van der Waals surface area (Å²) in [5.41, 5.74) is 6.36. The molecule has 0 saturated carbocycles. The predicted octanol–water partition coefficient (Wildman–Crippen LogP) is -1.61. The zero-order valence-electron chi connectivity index (χ0n) is 33.3. The molecule has 20 nitrogen and oxygen atoms in total. The molecule has 0 unspecified atom stereocenters. The second kappa shape index (κ2) is 24.0. The summed E-state index contributed by atoms with van der Waals surface area (Å²) in [5.74, 6) is -8.43. The first-order valence-electron chi connectivity index (χ1n) is 18.6. The number of phenolic OH excluding ortho intramolecular Hbond substituents is 1. The van der Waals surface area contributed by atoms with E-state index in [4.69, 9.17) is 5.73 Å². The van der Waals surface area contributed by atoms with E-state index in [0.717, 1.165) is 0 Å². The zero-order chi connectivity index (χ0) is 43.6. The minimum absolute atomic E-state index is 0.0278. The monoisotopic (exact) mass is 806 g/mol. The highest BCUT2D eigenvalue weighted by Gasteiger charge is 2.32. The normalized spacial score (nSPS) is 15.2. The van der Waals surface area contributed by atoms with Crippen molar-refractivity contribution in [2.75, 3.05) is 6.54 Å². The van der Waals surface area contributed by atoms with E-state index >= 15 is 0 Å². The van der Waals surface area contributed by atoms with Gasteiger partial charge in [-0.2, -0.15) is 0 Å². The van der Waals surface area contributed by atoms with Crippen molar-refractivity contribution < 1.29 is 58.5 Å². The van der Waals surface area contributed by atoms with E-state index in [1.807, 2.05) is 13.8 Å². The molecule has 8 atom stereocenters. The number of hydrogen-bond donors (Lipinski definition) is 11. The van der Waals surface area contributed by atoms with Crippen molar-refractivity contribution in [2.24, 2.45) is 17.6 Å². The second-order valence-electron chi connectivity index (χ2n) is 14.3. The minimum atomic E-state index is -1.49. The van der Waals surface area contributed by atoms with Crippen LogP contribution in [-0.2, 0) is 49.6 Å². The number of carbonyl (C=O) groups excluding carboxylic acids is 7. The average molecular weight is 807 g/mol. The molecule has 7 amide bonds. The van der Waals surface area contributed by atoms with Gasteiger partial charge >= 0.3 is 11.9 Å². The first kappa shape index (κ1) is 49.2. The highest BCUT2D eigenvalue weighted by Crippen LogP contribution is 2.12. The summed E-state index contributed by atoms with van der Waals surface area (Å²) in [4.78, 5) is 113. The lowest BCUT2D eigenvalue weighted by Crippen LogP contribution is -2.59. The number of benzene rings is 1. The van der Waals surface area contributed by atoms with E-state index in [2.05, 4.69) is 37.2 Å². The number of nitrogens with two attached hydrogens (primary N) is 1. The third-order valence-corrected chi connectivity index (χ3v) is 8.82. The third-order valence-electron chi connectivity index (χ3n) is 8.82. The summed E-state index contributed by atoms with van der Waals surface area (Å²) >= 11 is 0. The van der Waals surface area contributed by atoms with Gasteiger partial charge in [-0.1, -0.05) is 46.2 Å². The second-order valence-corrected chi connectivity index (χ2v) is 14.3. The summed E-state index contributed by atoms with van der Waals surface area (Å²) in [6.45, 7) is 10.6. The van der Waals surface area contributed by atoms with Gasteiger partial charge in [-0.25, -0.2) is 4.79 Å². The van der Waals surface area contributed by atoms with Crippen LogP contribution in [0.3, 0.4) is 0 Å². The lowest BCUT2D eigenvalue weighted by atomic mass is 9.98. The molecule has 318 valence electrons. The number of aliphatic carboxylic acids is 2. The van der Waals surface area contributed by atoms with Gasteiger partial charge in [-0.15, -0.1) is 0 Å². The van der Waals surface area contributed by atoms with E-state index in [-0.39, 0.29) is 18.1 Å². The maximum atomic E-state index is 13.3. The molecular formula is C37H58N8O12. The van der Waals surface area contributed by atoms with Gasteiger partial charge in [0.1, 0.15) is 42.0 Å². The first-order valence-corrected chi connectivity index (χ1v) is 18.6. The van der Waals surface area contributed by atoms with Crippen LogP contribution in [0.2, 0.25) is 0 Å². The molecule has 20 heteroatoms. The van der Waals surface area contributed by atoms with Crippen molar-refractivity contribution >= 4 is 53.3 Å². The summed E-state index contributed by atoms with van der Waals surface area (Å²) in [6, 6.07) is -2.99. The molecule has 0 aliphatic heterocycles. The largest absolute Gasteiger partial charge is 0.508 e. The quantitative estimate of drug-likeness (QED) is 0.0561. The molecule has 0 aliphatic rings. The highest BCUT2D eigenvalue weighted by molar-refractivity contribution is 5.97. The van der Waals surface area contributed by atoms with Gasteiger partial charge < -0.3 is 58.3 Å². The molecule has 0 saturated heterocycles. The molecule has 12 N–H and O–H groups in total. The summed E-state index contributed by atoms with van der Waals surface area (Å²) < 4.78 is 0. The van der Waals surface area contributed by atoms with Gasteiger partial charge in [0.15, 0.2) is 0 Å². The lowest BCUT2D eigenvalue weighted by Gasteiger charge is -2.26. The van der Waals surface area contributed by atoms with Gasteiger partial charge in [0.05, 0.1) is 12.6 Å². The Bertz CT molecular complexity index is 1590. The van der Waals surface area contributed by atoms with Crippen LogP contribution in [0, 0.1) is 11.8 Å². The molecule has 0 aromatic heterocycles. The maximum Gasteiger partial charge on any atom is 0.326 e. The fourth-order valence-corrected chi connectivity index (χ4v) is 5.19. The van der Waals surface area contributed by atoms with Gasteiger partial charge in [-0.05, 0) is 63.1 Å². The van der Waals surface area contributed by atoms with Crippen LogP contribution < -0.4 is 43.0 Å². The van der Waals surface area contributed by atoms with Gasteiger partial charge in [0.2, 0.25) is 41.4 Å². The molecule has 1 aromatic rings. The predicted molar refractivity (Wildman–Crippen MR) is 205 cm³/mol. The Morgan fingerprint density at radius 3 is 1.63 bits per heavy atom. The summed E-state index contributed by atoms with van der Waals surface area (Å²) in [6.07, 6.45) is -0.240. The molecule has 0 fully saturated rings. The fraction of sp³-hybridized carbons (Fsp3) is 0.595. The fourth-order valence-electron chi connectivity index (χ4n) is 5.19. The molecule has 0 aliphatic carbocycles. The van der Waals surface area contributed by atoms with Crippen molar-refractivity contribution in [1.29, 1.82) is 0 Å². The Hall–Kier alpha value is -5.79. The molecular weight excluding hydrogens is 748 g/mol. The van der Waals surface area contributed by atoms with Crippen molar-refractivity contribution in [3.8, 4) is 5.75 Å². The maximum absolute atomic E-state index is 13.3. The number of carboxylic acid groups (broad SMARTS) is 2. The number of nitrogens with one attached hydrogen (secondary N) is 7. The first-order chi connectivity index (χ1) is 26.5. The average Bonchev–Trinajstić information content (AvgIpc) is 3.13. The Kier molecular flexibility index (Phi) is 20.7. The number of aromatic hydroxyl groups is 1. The molecule has 0 bridgehead atoms. The van der Waals surface area contributed by atoms with Gasteiger partial charge in [0, 0.05) is 12.8 Å². The van der Waals surface area contributed by atoms with Crippen molar-refractivity contribution in [2.45, 2.75) is 123 Å². The van der Waals surface area contributed by atoms with Crippen molar-refractivity contribution in [1.82, 2.24) is 37.2 Å². The van der Waals surface area contributed by atoms with Gasteiger partial charge in [0.25, 0.3) is 0 Å². The minimum Gasteiger partial charge on any atom is -0.508 e. The van der Waals surface area contributed by atoms with E-state index < -0.39 is 121 Å². The Morgan fingerprint density at radius 2 is 1.14 bits per heavy atom. The number of hydrogen-bond acceptors (Lipinski definition) is 11. The van der Waals surface area contributed by atoms with E-state index in [0.29, 0.717) is 18.4 Å². The topological polar surface area (TPSA) is 325 Å². The summed E-state index contributed by atoms with van der Waals surface area (Å²) in [7, 11) is 0. The smallest absolute Gasteiger partial charge is 0.326 e. The molecule has 0 heterocycles. The van der Waals surface area contributed by atoms with E-state index in [9.17, 15) is 58.5 Å². The molecule has 0 spiro atoms. The van der Waals surface area contributed by atoms with Crippen molar-refractivity contribution in [3.63, 3.8) is 0 Å². The Morgan fingerprint density at radius 1 is 0.649 bits per heavy atom. The van der Waals surface area contributed by atoms with Crippen LogP contribution in [0.4, 0.5) is 0 Å². The summed E-state index contributed by atoms with van der Waals surface area (Å²) in [5, 5.41) is 45.1. The third kappa shape index (κ3) is 18.1. The highest BCUT2D eigenvalue weighted by atomic mass is 16.4. The number of carbonyl (C=O) groups is 9. The lowest BCUT2D eigenvalue weighted by molar-refractivity contribution is -0.142. The zero-order valence-corrected chi connectivity index (χ0v) is 33.3. The van der Waals surface area contributed by atoms with Crippen LogP contribution in [0.25, 0.3) is 0 Å². The van der Waals surface area contributed by atoms with Crippen LogP contribution >= 0.6 is 0 Å². The standard InChI is InChI=1S/C37H58N8O12/c1-8-19(4)30(45-28(47)17-39-34(53)25(38)15-18(2)3)36(55)42-22(7)32(51)43-26(13-14-29(48)49)35(54)41-20(5)31(50)40-21(6)33(52)44-27(37(56)57)16-23-9-11-24(46)12-10-23/h9-12,18-22,25-27,30,46H,8,13-17,38H2,1-7H3,(H,39,53)(H,40,50)(H,41,54)(H,42,55)(H,43,51)(H,44,52)(H,45,47)(H,48,49)(H,56,57)/t19-,20-,21-,22-,25-,26-,27-,30-/m0/s1. The number of phenols is 1. The number of rotatable bonds is 24. The Balaban J connectivity index is 2.89. The number of carboxylic acids is 2. The van der Waals surface area contributed by atoms with Crippen LogP contribution in [0.5, 0.6) is 5.75 Å². The molecule has 57 heavy (non-hydrogen) atoms. The SMILES string of the molecule is CC[C@H](C)[C@H](NC(=O)CNC(=O)[C@@H](N)CC(C)C)C(=O)N[C@@H](C)C(=O)N[C@@H](CCC(=O)O)C(=O)N[C@@H](C)C(=O)N[C@@H](C)C(=O)N[C@@H](Cc1ccc(O)cc1)C(=O)O. The van der Waals surface area contributed by atoms with Crippen LogP contribution in [0.1, 0.15) is 79.7 Å². The number of amides is 7.